The summed E-state index contributed by atoms with van der Waals surface area (Å²) in [5.41, 5.74) is -0.606. The van der Waals surface area contributed by atoms with Gasteiger partial charge in [-0.3, -0.25) is 9.59 Å². The lowest BCUT2D eigenvalue weighted by molar-refractivity contribution is -0.131. The minimum absolute atomic E-state index is 0.00294. The number of epoxide rings is 1. The molecular formula is C14H18O4. The van der Waals surface area contributed by atoms with Crippen LogP contribution < -0.4 is 0 Å². The topological polar surface area (TPSA) is 66.9 Å². The fraction of sp³-hybridized carbons (Fsp3) is 0.714. The van der Waals surface area contributed by atoms with E-state index in [1.165, 1.54) is 6.92 Å². The van der Waals surface area contributed by atoms with Gasteiger partial charge in [-0.2, -0.15) is 0 Å². The number of ether oxygens (including phenoxy) is 1. The molecule has 3 aliphatic rings. The Hall–Kier alpha value is -1.00. The number of carbonyl (C=O) groups is 2. The number of carbonyl (C=O) groups excluding carboxylic acids is 2. The van der Waals surface area contributed by atoms with Gasteiger partial charge < -0.3 is 9.84 Å². The van der Waals surface area contributed by atoms with Crippen molar-refractivity contribution in [2.24, 2.45) is 11.3 Å². The van der Waals surface area contributed by atoms with Crippen LogP contribution >= 0.6 is 0 Å². The first-order valence-corrected chi connectivity index (χ1v) is 6.47. The molecule has 3 rings (SSSR count). The Morgan fingerprint density at radius 3 is 2.83 bits per heavy atom. The summed E-state index contributed by atoms with van der Waals surface area (Å²) in [6.45, 7) is 5.39. The molecule has 0 aromatic heterocycles. The Bertz CT molecular complexity index is 480. The van der Waals surface area contributed by atoms with E-state index in [9.17, 15) is 14.7 Å². The van der Waals surface area contributed by atoms with E-state index in [2.05, 4.69) is 0 Å². The summed E-state index contributed by atoms with van der Waals surface area (Å²) >= 11 is 0. The number of aliphatic hydroxyl groups excluding tert-OH is 1. The fourth-order valence-electron chi connectivity index (χ4n) is 3.74. The molecule has 0 spiro atoms. The van der Waals surface area contributed by atoms with Crippen molar-refractivity contribution in [2.45, 2.75) is 51.4 Å². The number of fused-ring (bicyclic) bond motifs is 3. The van der Waals surface area contributed by atoms with Crippen LogP contribution in [0.15, 0.2) is 11.6 Å². The molecule has 2 aliphatic carbocycles. The van der Waals surface area contributed by atoms with Crippen LogP contribution in [0, 0.1) is 11.3 Å². The van der Waals surface area contributed by atoms with Crippen molar-refractivity contribution in [3.05, 3.63) is 11.6 Å². The molecule has 1 saturated carbocycles. The molecular weight excluding hydrogens is 232 g/mol. The predicted octanol–water partition coefficient (Wildman–Crippen LogP) is 1.02. The lowest BCUT2D eigenvalue weighted by Gasteiger charge is -2.45. The third-order valence-corrected chi connectivity index (χ3v) is 5.28. The van der Waals surface area contributed by atoms with Crippen molar-refractivity contribution in [3.63, 3.8) is 0 Å². The van der Waals surface area contributed by atoms with Gasteiger partial charge in [0.15, 0.2) is 11.6 Å². The molecule has 0 aromatic rings. The zero-order chi connectivity index (χ0) is 13.3. The summed E-state index contributed by atoms with van der Waals surface area (Å²) in [5, 5.41) is 10.1. The molecule has 0 amide bonds. The molecule has 1 heterocycles. The predicted molar refractivity (Wildman–Crippen MR) is 63.9 cm³/mol. The van der Waals surface area contributed by atoms with Crippen molar-refractivity contribution in [1.82, 2.24) is 0 Å². The zero-order valence-electron chi connectivity index (χ0n) is 10.9. The molecule has 98 valence electrons. The average molecular weight is 250 g/mol. The van der Waals surface area contributed by atoms with E-state index in [0.717, 1.165) is 5.57 Å². The van der Waals surface area contributed by atoms with E-state index >= 15 is 0 Å². The molecule has 1 aliphatic heterocycles. The third-order valence-electron chi connectivity index (χ3n) is 5.28. The monoisotopic (exact) mass is 250 g/mol. The van der Waals surface area contributed by atoms with Crippen LogP contribution in [-0.4, -0.2) is 34.5 Å². The van der Waals surface area contributed by atoms with E-state index in [-0.39, 0.29) is 23.6 Å². The number of Topliss-reactive ketones (excluding diaryl/α,β-unsaturated/α-hetero) is 1. The summed E-state index contributed by atoms with van der Waals surface area (Å²) in [4.78, 5) is 23.8. The van der Waals surface area contributed by atoms with E-state index in [1.807, 2.05) is 13.8 Å². The Kier molecular flexibility index (Phi) is 2.21. The van der Waals surface area contributed by atoms with Crippen molar-refractivity contribution in [3.8, 4) is 0 Å². The van der Waals surface area contributed by atoms with Gasteiger partial charge in [0.1, 0.15) is 6.10 Å². The van der Waals surface area contributed by atoms with Crippen LogP contribution in [-0.2, 0) is 14.3 Å². The molecule has 4 nitrogen and oxygen atoms in total. The summed E-state index contributed by atoms with van der Waals surface area (Å²) in [6, 6.07) is 0. The second-order valence-electron chi connectivity index (χ2n) is 6.00. The van der Waals surface area contributed by atoms with Gasteiger partial charge >= 0.3 is 0 Å². The normalized spacial score (nSPS) is 50.1. The van der Waals surface area contributed by atoms with Crippen LogP contribution in [0.2, 0.25) is 0 Å². The van der Waals surface area contributed by atoms with Crippen LogP contribution in [0.25, 0.3) is 0 Å². The van der Waals surface area contributed by atoms with Gasteiger partial charge in [0.2, 0.25) is 5.60 Å². The number of hydrogen-bond acceptors (Lipinski definition) is 4. The first-order chi connectivity index (χ1) is 8.35. The van der Waals surface area contributed by atoms with Gasteiger partial charge in [-0.1, -0.05) is 19.4 Å². The maximum absolute atomic E-state index is 12.1. The summed E-state index contributed by atoms with van der Waals surface area (Å²) in [7, 11) is 0. The van der Waals surface area contributed by atoms with Gasteiger partial charge in [-0.15, -0.1) is 0 Å². The van der Waals surface area contributed by atoms with Crippen LogP contribution in [0.4, 0.5) is 0 Å². The Morgan fingerprint density at radius 2 is 2.22 bits per heavy atom. The highest BCUT2D eigenvalue weighted by Gasteiger charge is 2.75. The first-order valence-electron chi connectivity index (χ1n) is 6.47. The fourth-order valence-corrected chi connectivity index (χ4v) is 3.74. The summed E-state index contributed by atoms with van der Waals surface area (Å²) < 4.78 is 5.57. The minimum Gasteiger partial charge on any atom is -0.393 e. The molecule has 0 aromatic carbocycles. The quantitative estimate of drug-likeness (QED) is 0.557. The van der Waals surface area contributed by atoms with E-state index in [1.54, 1.807) is 6.08 Å². The van der Waals surface area contributed by atoms with Crippen LogP contribution in [0.1, 0.15) is 33.6 Å². The van der Waals surface area contributed by atoms with Crippen LogP contribution in [0.5, 0.6) is 0 Å². The Balaban J connectivity index is 2.10. The minimum atomic E-state index is -1.25. The van der Waals surface area contributed by atoms with E-state index in [4.69, 9.17) is 4.74 Å². The smallest absolute Gasteiger partial charge is 0.215 e. The zero-order valence-corrected chi connectivity index (χ0v) is 10.9. The standard InChI is InChI=1S/C14H18O4/c1-7-10(16)5-4-9-6-11(17)14(8(2)15)12(18-14)13(7,9)3/h6-7,10,12,16H,4-5H2,1-3H3/t7-,10+,12+,13+,14-/m1/s1. The largest absolute Gasteiger partial charge is 0.393 e. The second-order valence-corrected chi connectivity index (χ2v) is 6.00. The lowest BCUT2D eigenvalue weighted by atomic mass is 9.57. The first kappa shape index (κ1) is 12.1. The lowest BCUT2D eigenvalue weighted by Crippen LogP contribution is -2.51. The average Bonchev–Trinajstić information content (AvgIpc) is 3.06. The number of rotatable bonds is 1. The van der Waals surface area contributed by atoms with Crippen molar-refractivity contribution >= 4 is 11.6 Å². The van der Waals surface area contributed by atoms with Crippen molar-refractivity contribution in [1.29, 1.82) is 0 Å². The SMILES string of the molecule is CC(=O)[C@]12O[C@H]1[C@]1(C)C(=CC2=O)CC[C@H](O)[C@H]1C. The van der Waals surface area contributed by atoms with Crippen molar-refractivity contribution < 1.29 is 19.4 Å². The number of hydrogen-bond donors (Lipinski definition) is 1. The molecule has 2 fully saturated rings. The Labute approximate surface area is 106 Å². The van der Waals surface area contributed by atoms with Gasteiger partial charge in [0.05, 0.1) is 6.10 Å². The molecule has 1 N–H and O–H groups in total. The molecule has 18 heavy (non-hydrogen) atoms. The second kappa shape index (κ2) is 3.31. The Morgan fingerprint density at radius 1 is 1.56 bits per heavy atom. The number of ketones is 2. The molecule has 4 heteroatoms. The highest BCUT2D eigenvalue weighted by molar-refractivity contribution is 6.18. The van der Waals surface area contributed by atoms with E-state index in [0.29, 0.717) is 12.8 Å². The molecule has 5 atom stereocenters. The maximum atomic E-state index is 12.1. The molecule has 1 saturated heterocycles. The molecule has 0 radical (unpaired) electrons. The third kappa shape index (κ3) is 1.13. The molecule has 0 bridgehead atoms. The summed E-state index contributed by atoms with van der Waals surface area (Å²) in [6.07, 6.45) is 2.19. The van der Waals surface area contributed by atoms with Gasteiger partial charge in [-0.05, 0) is 31.8 Å². The maximum Gasteiger partial charge on any atom is 0.215 e. The highest BCUT2D eigenvalue weighted by atomic mass is 16.6. The number of aliphatic hydroxyl groups is 1. The van der Waals surface area contributed by atoms with Crippen molar-refractivity contribution in [2.75, 3.05) is 0 Å². The van der Waals surface area contributed by atoms with Crippen LogP contribution in [0.3, 0.4) is 0 Å². The van der Waals surface area contributed by atoms with Gasteiger partial charge in [0.25, 0.3) is 0 Å². The summed E-state index contributed by atoms with van der Waals surface area (Å²) in [5.74, 6) is -0.436. The van der Waals surface area contributed by atoms with E-state index < -0.39 is 17.1 Å². The van der Waals surface area contributed by atoms with Gasteiger partial charge in [0, 0.05) is 5.41 Å². The highest BCUT2D eigenvalue weighted by Crippen LogP contribution is 2.61. The van der Waals surface area contributed by atoms with Gasteiger partial charge in [-0.25, -0.2) is 0 Å². The molecule has 0 unspecified atom stereocenters.